The number of alkyl halides is 3. The van der Waals surface area contributed by atoms with Crippen molar-refractivity contribution >= 4 is 17.6 Å². The van der Waals surface area contributed by atoms with Crippen molar-refractivity contribution in [2.45, 2.75) is 51.7 Å². The van der Waals surface area contributed by atoms with E-state index >= 15 is 4.39 Å². The number of hydrogen-bond acceptors (Lipinski definition) is 3. The van der Waals surface area contributed by atoms with Crippen LogP contribution in [0.4, 0.5) is 23.2 Å². The van der Waals surface area contributed by atoms with E-state index in [1.54, 1.807) is 10.7 Å². The van der Waals surface area contributed by atoms with Crippen LogP contribution in [0.15, 0.2) is 54.6 Å². The Bertz CT molecular complexity index is 1300. The maximum atomic E-state index is 15.0. The number of nitrogens with zero attached hydrogens (tertiary/aromatic N) is 4. The molecule has 0 saturated carbocycles. The molecule has 8 heteroatoms. The van der Waals surface area contributed by atoms with Crippen molar-refractivity contribution in [3.63, 3.8) is 0 Å². The number of anilines is 1. The van der Waals surface area contributed by atoms with Crippen LogP contribution in [-0.2, 0) is 12.0 Å². The second-order valence-electron chi connectivity index (χ2n) is 10.1. The number of hydrogen-bond donors (Lipinski definition) is 0. The minimum atomic E-state index is -4.38. The molecule has 3 aromatic rings. The number of aryl methyl sites for hydroxylation is 1. The normalized spacial score (nSPS) is 15.6. The SMILES string of the molecule is Cc1cc(C(F)=Cc2ccc(C(C)(C)C(F)(F)F)cc2)nn1Cc1cccc(N2CCC(C#N)CC2)c1. The van der Waals surface area contributed by atoms with E-state index in [2.05, 4.69) is 28.2 Å². The highest BCUT2D eigenvalue weighted by molar-refractivity contribution is 5.75. The van der Waals surface area contributed by atoms with Crippen LogP contribution in [0, 0.1) is 24.2 Å². The molecule has 0 radical (unpaired) electrons. The van der Waals surface area contributed by atoms with E-state index in [1.165, 1.54) is 30.3 Å². The Kier molecular flexibility index (Phi) is 7.44. The lowest BCUT2D eigenvalue weighted by atomic mass is 9.83. The van der Waals surface area contributed by atoms with Gasteiger partial charge in [-0.15, -0.1) is 0 Å². The number of rotatable bonds is 6. The molecule has 0 bridgehead atoms. The molecule has 2 heterocycles. The quantitative estimate of drug-likeness (QED) is 0.327. The van der Waals surface area contributed by atoms with E-state index in [4.69, 9.17) is 5.26 Å². The van der Waals surface area contributed by atoms with Crippen LogP contribution >= 0.6 is 0 Å². The van der Waals surface area contributed by atoms with E-state index in [-0.39, 0.29) is 17.2 Å². The van der Waals surface area contributed by atoms with Gasteiger partial charge in [0.1, 0.15) is 5.69 Å². The minimum Gasteiger partial charge on any atom is -0.371 e. The lowest BCUT2D eigenvalue weighted by Crippen LogP contribution is -2.36. The molecule has 1 aliphatic rings. The molecule has 0 amide bonds. The molecule has 194 valence electrons. The highest BCUT2D eigenvalue weighted by Crippen LogP contribution is 2.40. The molecule has 2 aromatic carbocycles. The number of nitriles is 1. The van der Waals surface area contributed by atoms with E-state index in [9.17, 15) is 13.2 Å². The summed E-state index contributed by atoms with van der Waals surface area (Å²) < 4.78 is 56.6. The fourth-order valence-electron chi connectivity index (χ4n) is 4.46. The maximum Gasteiger partial charge on any atom is 0.397 e. The topological polar surface area (TPSA) is 44.9 Å². The molecule has 37 heavy (non-hydrogen) atoms. The first kappa shape index (κ1) is 26.5. The average Bonchev–Trinajstić information content (AvgIpc) is 3.24. The van der Waals surface area contributed by atoms with Crippen molar-refractivity contribution in [3.05, 3.63) is 82.7 Å². The Labute approximate surface area is 214 Å². The van der Waals surface area contributed by atoms with Crippen molar-refractivity contribution in [2.24, 2.45) is 5.92 Å². The van der Waals surface area contributed by atoms with Crippen molar-refractivity contribution in [2.75, 3.05) is 18.0 Å². The van der Waals surface area contributed by atoms with Gasteiger partial charge in [-0.05, 0) is 74.6 Å². The first-order valence-corrected chi connectivity index (χ1v) is 12.3. The van der Waals surface area contributed by atoms with Gasteiger partial charge in [0.15, 0.2) is 5.83 Å². The van der Waals surface area contributed by atoms with Gasteiger partial charge in [-0.2, -0.15) is 23.5 Å². The monoisotopic (exact) mass is 510 g/mol. The van der Waals surface area contributed by atoms with E-state index < -0.39 is 17.4 Å². The second kappa shape index (κ2) is 10.4. The lowest BCUT2D eigenvalue weighted by molar-refractivity contribution is -0.180. The summed E-state index contributed by atoms with van der Waals surface area (Å²) in [6.45, 7) is 6.27. The largest absolute Gasteiger partial charge is 0.397 e. The fourth-order valence-corrected chi connectivity index (χ4v) is 4.46. The number of aromatic nitrogens is 2. The van der Waals surface area contributed by atoms with Crippen LogP contribution in [-0.4, -0.2) is 29.0 Å². The summed E-state index contributed by atoms with van der Waals surface area (Å²) >= 11 is 0. The summed E-state index contributed by atoms with van der Waals surface area (Å²) in [5.41, 5.74) is 1.68. The van der Waals surface area contributed by atoms with Gasteiger partial charge in [0.05, 0.1) is 18.0 Å². The first-order chi connectivity index (χ1) is 17.5. The summed E-state index contributed by atoms with van der Waals surface area (Å²) in [4.78, 5) is 2.28. The summed E-state index contributed by atoms with van der Waals surface area (Å²) in [5, 5.41) is 13.6. The van der Waals surface area contributed by atoms with Crippen molar-refractivity contribution in [1.29, 1.82) is 5.26 Å². The molecule has 4 rings (SSSR count). The fraction of sp³-hybridized carbons (Fsp3) is 0.379. The molecule has 1 aromatic heterocycles. The zero-order valence-electron chi connectivity index (χ0n) is 21.2. The van der Waals surface area contributed by atoms with Crippen molar-refractivity contribution in [1.82, 2.24) is 9.78 Å². The van der Waals surface area contributed by atoms with Crippen LogP contribution < -0.4 is 4.90 Å². The summed E-state index contributed by atoms with van der Waals surface area (Å²) in [6.07, 6.45) is -1.39. The minimum absolute atomic E-state index is 0.120. The van der Waals surface area contributed by atoms with Crippen molar-refractivity contribution < 1.29 is 17.6 Å². The smallest absolute Gasteiger partial charge is 0.371 e. The molecular weight excluding hydrogens is 480 g/mol. The average molecular weight is 511 g/mol. The summed E-state index contributed by atoms with van der Waals surface area (Å²) in [5.74, 6) is -0.434. The molecule has 0 aliphatic carbocycles. The van der Waals surface area contributed by atoms with E-state index in [1.807, 2.05) is 19.1 Å². The maximum absolute atomic E-state index is 15.0. The van der Waals surface area contributed by atoms with Gasteiger partial charge in [-0.1, -0.05) is 36.4 Å². The predicted octanol–water partition coefficient (Wildman–Crippen LogP) is 7.29. The second-order valence-corrected chi connectivity index (χ2v) is 10.1. The molecule has 4 nitrogen and oxygen atoms in total. The van der Waals surface area contributed by atoms with Crippen LogP contribution in [0.1, 0.15) is 54.8 Å². The highest BCUT2D eigenvalue weighted by atomic mass is 19.4. The van der Waals surface area contributed by atoms with Gasteiger partial charge in [0.25, 0.3) is 0 Å². The number of benzene rings is 2. The third-order valence-electron chi connectivity index (χ3n) is 7.15. The Balaban J connectivity index is 1.47. The molecule has 1 aliphatic heterocycles. The highest BCUT2D eigenvalue weighted by Gasteiger charge is 2.48. The molecule has 1 fully saturated rings. The Hall–Kier alpha value is -3.60. The van der Waals surface area contributed by atoms with Crippen LogP contribution in [0.2, 0.25) is 0 Å². The molecule has 0 atom stereocenters. The molecular formula is C29H30F4N4. The Morgan fingerprint density at radius 1 is 1.08 bits per heavy atom. The van der Waals surface area contributed by atoms with Crippen LogP contribution in [0.5, 0.6) is 0 Å². The van der Waals surface area contributed by atoms with Gasteiger partial charge in [0.2, 0.25) is 0 Å². The Morgan fingerprint density at radius 2 is 1.76 bits per heavy atom. The predicted molar refractivity (Wildman–Crippen MR) is 138 cm³/mol. The summed E-state index contributed by atoms with van der Waals surface area (Å²) in [6, 6.07) is 17.9. The Morgan fingerprint density at radius 3 is 2.38 bits per heavy atom. The number of piperidine rings is 1. The number of halogens is 4. The van der Waals surface area contributed by atoms with Gasteiger partial charge >= 0.3 is 6.18 Å². The molecule has 1 saturated heterocycles. The van der Waals surface area contributed by atoms with Gasteiger partial charge in [-0.3, -0.25) is 4.68 Å². The van der Waals surface area contributed by atoms with Crippen molar-refractivity contribution in [3.8, 4) is 6.07 Å². The molecule has 0 unspecified atom stereocenters. The van der Waals surface area contributed by atoms with Gasteiger partial charge in [0, 0.05) is 30.4 Å². The molecule has 0 N–H and O–H groups in total. The summed E-state index contributed by atoms with van der Waals surface area (Å²) in [7, 11) is 0. The van der Waals surface area contributed by atoms with Crippen LogP contribution in [0.25, 0.3) is 11.9 Å². The van der Waals surface area contributed by atoms with Gasteiger partial charge in [-0.25, -0.2) is 4.39 Å². The lowest BCUT2D eigenvalue weighted by Gasteiger charge is -2.31. The van der Waals surface area contributed by atoms with Gasteiger partial charge < -0.3 is 4.90 Å². The van der Waals surface area contributed by atoms with E-state index in [0.29, 0.717) is 12.1 Å². The zero-order chi connectivity index (χ0) is 26.8. The van der Waals surface area contributed by atoms with E-state index in [0.717, 1.165) is 56.7 Å². The first-order valence-electron chi connectivity index (χ1n) is 12.3. The third-order valence-corrected chi connectivity index (χ3v) is 7.15. The standard InChI is InChI=1S/C29H30F4N4/c1-20-15-27(26(30)17-21-7-9-24(10-8-21)28(2,3)29(31,32)33)35-37(20)19-23-5-4-6-25(16-23)36-13-11-22(18-34)12-14-36/h4-10,15-17,22H,11-14,19H2,1-3H3. The van der Waals surface area contributed by atoms with Crippen LogP contribution in [0.3, 0.4) is 0 Å². The zero-order valence-corrected chi connectivity index (χ0v) is 21.2. The third kappa shape index (κ3) is 5.87. The molecule has 0 spiro atoms.